The summed E-state index contributed by atoms with van der Waals surface area (Å²) in [6.45, 7) is 0. The molecule has 0 unspecified atom stereocenters. The van der Waals surface area contributed by atoms with Crippen LogP contribution in [0.4, 0.5) is 0 Å². The monoisotopic (exact) mass is 464 g/mol. The highest BCUT2D eigenvalue weighted by Gasteiger charge is 2.21. The summed E-state index contributed by atoms with van der Waals surface area (Å²) in [4.78, 5) is 0. The normalized spacial score (nSPS) is 12.6. The Morgan fingerprint density at radius 1 is 0.486 bits per heavy atom. The quantitative estimate of drug-likeness (QED) is 0.241. The van der Waals surface area contributed by atoms with Crippen molar-refractivity contribution < 1.29 is 8.83 Å². The van der Waals surface area contributed by atoms with Gasteiger partial charge in [-0.3, -0.25) is 0 Å². The second kappa shape index (κ2) is 6.21. The third-order valence-electron chi connectivity index (χ3n) is 7.45. The van der Waals surface area contributed by atoms with E-state index >= 15 is 0 Å². The van der Waals surface area contributed by atoms with Gasteiger partial charge in [-0.05, 0) is 47.2 Å². The van der Waals surface area contributed by atoms with Crippen molar-refractivity contribution in [1.29, 1.82) is 0 Å². The molecular weight excluding hydrogens is 448 g/mol. The first-order valence-corrected chi connectivity index (χ1v) is 12.6. The molecule has 0 aliphatic rings. The lowest BCUT2D eigenvalue weighted by atomic mass is 9.95. The highest BCUT2D eigenvalue weighted by molar-refractivity contribution is 7.26. The van der Waals surface area contributed by atoms with Crippen LogP contribution < -0.4 is 0 Å². The molecule has 0 aliphatic heterocycles. The largest absolute Gasteiger partial charge is 0.456 e. The summed E-state index contributed by atoms with van der Waals surface area (Å²) in [5.74, 6) is 0. The van der Waals surface area contributed by atoms with Gasteiger partial charge in [-0.2, -0.15) is 0 Å². The molecule has 0 N–H and O–H groups in total. The molecule has 5 aromatic carbocycles. The number of fused-ring (bicyclic) bond motifs is 14. The molecule has 0 atom stereocenters. The van der Waals surface area contributed by atoms with Crippen LogP contribution in [-0.2, 0) is 0 Å². The molecule has 4 heterocycles. The summed E-state index contributed by atoms with van der Waals surface area (Å²) in [7, 11) is 0. The summed E-state index contributed by atoms with van der Waals surface area (Å²) in [5.41, 5.74) is 6.00. The fourth-order valence-corrected chi connectivity index (χ4v) is 7.16. The minimum atomic E-state index is 0.888. The van der Waals surface area contributed by atoms with E-state index in [1.54, 1.807) is 0 Å². The lowest BCUT2D eigenvalue weighted by Crippen LogP contribution is -1.82. The van der Waals surface area contributed by atoms with Crippen molar-refractivity contribution in [2.24, 2.45) is 0 Å². The number of thiophene rings is 1. The summed E-state index contributed by atoms with van der Waals surface area (Å²) < 4.78 is 15.3. The maximum Gasteiger partial charge on any atom is 0.147 e. The van der Waals surface area contributed by atoms with Crippen LogP contribution in [0.15, 0.2) is 106 Å². The number of hydrogen-bond acceptors (Lipinski definition) is 3. The van der Waals surface area contributed by atoms with Gasteiger partial charge >= 0.3 is 0 Å². The molecule has 0 saturated carbocycles. The van der Waals surface area contributed by atoms with Crippen molar-refractivity contribution in [3.05, 3.63) is 97.1 Å². The Kier molecular flexibility index (Phi) is 3.20. The minimum Gasteiger partial charge on any atom is -0.456 e. The van der Waals surface area contributed by atoms with Crippen LogP contribution in [0.2, 0.25) is 0 Å². The Morgan fingerprint density at radius 2 is 1.26 bits per heavy atom. The predicted molar refractivity (Wildman–Crippen MR) is 148 cm³/mol. The molecule has 9 rings (SSSR count). The highest BCUT2D eigenvalue weighted by atomic mass is 32.1. The molecule has 0 amide bonds. The molecule has 3 heteroatoms. The maximum atomic E-state index is 6.73. The molecule has 162 valence electrons. The number of furan rings is 3. The number of para-hydroxylation sites is 1. The minimum absolute atomic E-state index is 0.888. The average molecular weight is 465 g/mol. The van der Waals surface area contributed by atoms with Gasteiger partial charge in [-0.15, -0.1) is 11.3 Å². The number of hydrogen-bond donors (Lipinski definition) is 0. The first-order valence-electron chi connectivity index (χ1n) is 11.8. The first kappa shape index (κ1) is 18.0. The van der Waals surface area contributed by atoms with Gasteiger partial charge in [-0.25, -0.2) is 0 Å². The zero-order valence-electron chi connectivity index (χ0n) is 18.5. The third-order valence-corrected chi connectivity index (χ3v) is 8.65. The summed E-state index contributed by atoms with van der Waals surface area (Å²) in [6.07, 6.45) is 0. The van der Waals surface area contributed by atoms with E-state index in [1.165, 1.54) is 36.5 Å². The van der Waals surface area contributed by atoms with Crippen LogP contribution in [0.5, 0.6) is 0 Å². The van der Waals surface area contributed by atoms with Gasteiger partial charge in [0.1, 0.15) is 22.3 Å². The Morgan fingerprint density at radius 3 is 2.23 bits per heavy atom. The summed E-state index contributed by atoms with van der Waals surface area (Å²) in [5, 5.41) is 9.65. The Balaban J connectivity index is 1.47. The van der Waals surface area contributed by atoms with Crippen LogP contribution in [0.1, 0.15) is 0 Å². The predicted octanol–water partition coefficient (Wildman–Crippen LogP) is 10.1. The van der Waals surface area contributed by atoms with Crippen LogP contribution in [0.3, 0.4) is 0 Å². The van der Waals surface area contributed by atoms with E-state index in [2.05, 4.69) is 84.9 Å². The van der Waals surface area contributed by atoms with Crippen LogP contribution in [0.25, 0.3) is 85.9 Å². The molecule has 2 bridgehead atoms. The van der Waals surface area contributed by atoms with Gasteiger partial charge in [0.05, 0.1) is 5.39 Å². The molecule has 2 nitrogen and oxygen atoms in total. The number of rotatable bonds is 1. The van der Waals surface area contributed by atoms with E-state index in [-0.39, 0.29) is 0 Å². The summed E-state index contributed by atoms with van der Waals surface area (Å²) in [6, 6.07) is 34.7. The van der Waals surface area contributed by atoms with E-state index in [0.717, 1.165) is 49.4 Å². The number of benzene rings is 6. The SMILES string of the molecule is c1ccc2c(c1)cc(-c1cccc3c1oc1c3ccc3c4ccc(o4)c31)c1sc3ccccc3c12. The van der Waals surface area contributed by atoms with Crippen LogP contribution >= 0.6 is 11.3 Å². The molecule has 35 heavy (non-hydrogen) atoms. The van der Waals surface area contributed by atoms with Crippen molar-refractivity contribution >= 4 is 86.2 Å². The molecule has 0 aliphatic carbocycles. The third kappa shape index (κ3) is 2.20. The topological polar surface area (TPSA) is 26.3 Å². The van der Waals surface area contributed by atoms with E-state index in [4.69, 9.17) is 8.83 Å². The Hall–Kier alpha value is -4.34. The molecule has 0 spiro atoms. The lowest BCUT2D eigenvalue weighted by Gasteiger charge is -2.08. The van der Waals surface area contributed by atoms with E-state index in [0.29, 0.717) is 0 Å². The van der Waals surface area contributed by atoms with Gasteiger partial charge in [0.25, 0.3) is 0 Å². The van der Waals surface area contributed by atoms with Gasteiger partial charge in [0, 0.05) is 47.5 Å². The van der Waals surface area contributed by atoms with Crippen molar-refractivity contribution in [2.75, 3.05) is 0 Å². The first-order chi connectivity index (χ1) is 17.3. The summed E-state index contributed by atoms with van der Waals surface area (Å²) >= 11 is 1.87. The zero-order valence-corrected chi connectivity index (χ0v) is 19.3. The molecule has 0 radical (unpaired) electrons. The molecule has 0 fully saturated rings. The van der Waals surface area contributed by atoms with Crippen LogP contribution in [-0.4, -0.2) is 0 Å². The van der Waals surface area contributed by atoms with E-state index < -0.39 is 0 Å². The molecular formula is C32H16O2S. The fraction of sp³-hybridized carbons (Fsp3) is 0. The van der Waals surface area contributed by atoms with E-state index in [9.17, 15) is 0 Å². The molecule has 9 aromatic rings. The Bertz CT molecular complexity index is 2270. The van der Waals surface area contributed by atoms with Gasteiger partial charge in [-0.1, -0.05) is 60.7 Å². The smallest absolute Gasteiger partial charge is 0.147 e. The molecule has 0 saturated heterocycles. The van der Waals surface area contributed by atoms with E-state index in [1.807, 2.05) is 23.5 Å². The fourth-order valence-electron chi connectivity index (χ4n) is 5.92. The second-order valence-electron chi connectivity index (χ2n) is 9.26. The van der Waals surface area contributed by atoms with Crippen molar-refractivity contribution in [3.8, 4) is 11.1 Å². The van der Waals surface area contributed by atoms with Crippen molar-refractivity contribution in [1.82, 2.24) is 0 Å². The maximum absolute atomic E-state index is 6.73. The van der Waals surface area contributed by atoms with Crippen molar-refractivity contribution in [3.63, 3.8) is 0 Å². The Labute approximate surface area is 202 Å². The zero-order chi connectivity index (χ0) is 22.7. The standard InChI is InChI=1S/C32H16O2S/c1-2-7-18-17(6-1)16-24(32-28(18)23-8-3-4-11-27(23)35-32)20-10-5-9-19-21-12-13-22-25-14-15-26(33-25)29(22)31(21)34-30(19)20/h1-16H. The van der Waals surface area contributed by atoms with Gasteiger partial charge in [0.15, 0.2) is 0 Å². The van der Waals surface area contributed by atoms with Crippen molar-refractivity contribution in [2.45, 2.75) is 0 Å². The second-order valence-corrected chi connectivity index (χ2v) is 10.3. The lowest BCUT2D eigenvalue weighted by molar-refractivity contribution is 0.669. The molecule has 4 aromatic heterocycles. The van der Waals surface area contributed by atoms with Gasteiger partial charge < -0.3 is 8.83 Å². The van der Waals surface area contributed by atoms with Crippen LogP contribution in [0, 0.1) is 0 Å². The highest BCUT2D eigenvalue weighted by Crippen LogP contribution is 2.47. The average Bonchev–Trinajstić information content (AvgIpc) is 3.68. The van der Waals surface area contributed by atoms with Gasteiger partial charge in [0.2, 0.25) is 0 Å².